The molecule has 1 aromatic rings. The van der Waals surface area contributed by atoms with Crippen molar-refractivity contribution >= 4 is 12.5 Å². The molecule has 1 heterocycles. The van der Waals surface area contributed by atoms with Gasteiger partial charge in [0.15, 0.2) is 0 Å². The first-order valence-electron chi connectivity index (χ1n) is 5.44. The summed E-state index contributed by atoms with van der Waals surface area (Å²) in [7, 11) is 0. The summed E-state index contributed by atoms with van der Waals surface area (Å²) in [5.41, 5.74) is -2.51. The van der Waals surface area contributed by atoms with Gasteiger partial charge in [-0.15, -0.1) is 0 Å². The average molecular weight is 331 g/mol. The number of nitrogens with zero attached hydrogens (tertiary/aromatic N) is 1. The number of rotatable bonds is 2. The molecule has 1 aliphatic heterocycles. The van der Waals surface area contributed by atoms with Gasteiger partial charge in [-0.05, 0) is 11.8 Å². The maximum Gasteiger partial charge on any atom is 0.398 e. The van der Waals surface area contributed by atoms with Gasteiger partial charge in [0.25, 0.3) is 0 Å². The van der Waals surface area contributed by atoms with E-state index in [9.17, 15) is 18.0 Å². The second kappa shape index (κ2) is 5.62. The van der Waals surface area contributed by atoms with Crippen molar-refractivity contribution in [2.45, 2.75) is 11.6 Å². The monoisotopic (exact) mass is 331 g/mol. The van der Waals surface area contributed by atoms with Gasteiger partial charge < -0.3 is 4.79 Å². The van der Waals surface area contributed by atoms with Crippen LogP contribution >= 0.6 is 0 Å². The molecule has 2 unspecified atom stereocenters. The van der Waals surface area contributed by atoms with Crippen molar-refractivity contribution in [2.24, 2.45) is 10.9 Å². The molecular formula is C12H9F3NOY-. The van der Waals surface area contributed by atoms with Crippen molar-refractivity contribution in [2.75, 3.05) is 6.54 Å². The molecule has 2 atom stereocenters. The second-order valence-electron chi connectivity index (χ2n) is 3.83. The molecule has 1 aromatic carbocycles. The molecule has 0 saturated carbocycles. The Morgan fingerprint density at radius 1 is 1.39 bits per heavy atom. The fourth-order valence-corrected chi connectivity index (χ4v) is 2.00. The number of aliphatic imine (C=N–C) groups is 1. The first-order valence-corrected chi connectivity index (χ1v) is 4.94. The van der Waals surface area contributed by atoms with E-state index < -0.39 is 30.2 Å². The van der Waals surface area contributed by atoms with Crippen LogP contribution in [0.5, 0.6) is 0 Å². The number of hydrogen-bond acceptors (Lipinski definition) is 2. The Kier molecular flexibility index (Phi) is 4.33. The topological polar surface area (TPSA) is 29.4 Å². The van der Waals surface area contributed by atoms with Gasteiger partial charge >= 0.3 is 6.18 Å². The normalized spacial score (nSPS) is 28.1. The minimum atomic E-state index is -4.66. The van der Waals surface area contributed by atoms with Crippen LogP contribution in [-0.4, -0.2) is 25.2 Å². The molecule has 2 nitrogen and oxygen atoms in total. The number of alkyl halides is 3. The Hall–Kier alpha value is -0.546. The maximum atomic E-state index is 13.4. The molecule has 0 bridgehead atoms. The minimum Gasteiger partial charge on any atom is -0.541 e. The van der Waals surface area contributed by atoms with E-state index in [1.807, 2.05) is 0 Å². The van der Waals surface area contributed by atoms with Crippen LogP contribution in [0.4, 0.5) is 13.2 Å². The summed E-state index contributed by atoms with van der Waals surface area (Å²) in [4.78, 5) is 14.3. The Balaban J connectivity index is 0.00000180. The molecule has 1 aliphatic rings. The van der Waals surface area contributed by atoms with Crippen molar-refractivity contribution < 1.29 is 52.0 Å². The van der Waals surface area contributed by atoms with Crippen LogP contribution in [0.1, 0.15) is 6.93 Å². The van der Waals surface area contributed by atoms with Crippen LogP contribution in [0.15, 0.2) is 35.3 Å². The summed E-state index contributed by atoms with van der Waals surface area (Å²) in [5, 5.41) is 0. The van der Waals surface area contributed by atoms with Gasteiger partial charge in [-0.25, -0.2) is 0 Å². The molecule has 93 valence electrons. The fourth-order valence-electron chi connectivity index (χ4n) is 2.00. The minimum absolute atomic E-state index is 0. The van der Waals surface area contributed by atoms with Gasteiger partial charge in [0.1, 0.15) is 0 Å². The predicted molar refractivity (Wildman–Crippen MR) is 56.7 cm³/mol. The molecule has 0 spiro atoms. The molecule has 18 heavy (non-hydrogen) atoms. The van der Waals surface area contributed by atoms with E-state index in [0.29, 0.717) is 0 Å². The zero-order valence-electron chi connectivity index (χ0n) is 10.2. The molecule has 6 heteroatoms. The molecule has 0 fully saturated rings. The van der Waals surface area contributed by atoms with Gasteiger partial charge in [0.2, 0.25) is 0 Å². The van der Waals surface area contributed by atoms with Gasteiger partial charge in [-0.3, -0.25) is 11.3 Å². The third-order valence-electron chi connectivity index (χ3n) is 2.95. The molecule has 2 rings (SSSR count). The smallest absolute Gasteiger partial charge is 0.398 e. The van der Waals surface area contributed by atoms with Gasteiger partial charge in [-0.1, -0.05) is 36.2 Å². The van der Waals surface area contributed by atoms with Crippen LogP contribution in [0.3, 0.4) is 0 Å². The Bertz CT molecular complexity index is 491. The Morgan fingerprint density at radius 3 is 2.50 bits per heavy atom. The van der Waals surface area contributed by atoms with E-state index in [0.717, 1.165) is 0 Å². The zero-order chi connectivity index (χ0) is 13.4. The SMILES string of the molecule is [3H]C1=NCC(c2ccccc2)(C(F)(F)F)C1[C-]=O.[Y]. The quantitative estimate of drug-likeness (QED) is 0.765. The molecule has 0 N–H and O–H groups in total. The largest absolute Gasteiger partial charge is 0.541 e. The molecule has 0 amide bonds. The zero-order valence-corrected chi connectivity index (χ0v) is 12.1. The second-order valence-corrected chi connectivity index (χ2v) is 3.83. The molecular weight excluding hydrogens is 320 g/mol. The summed E-state index contributed by atoms with van der Waals surface area (Å²) < 4.78 is 47.5. The first kappa shape index (κ1) is 13.9. The number of benzene rings is 1. The van der Waals surface area contributed by atoms with Crippen molar-refractivity contribution in [3.05, 3.63) is 35.9 Å². The summed E-state index contributed by atoms with van der Waals surface area (Å²) >= 11 is 0. The molecule has 1 radical (unpaired) electrons. The van der Waals surface area contributed by atoms with Crippen molar-refractivity contribution in [1.29, 1.82) is 0 Å². The van der Waals surface area contributed by atoms with Crippen LogP contribution < -0.4 is 0 Å². The standard InChI is InChI=1S/C12H9F3NO.Y/c13-12(14,15)11(8-16-6-10(11)7-17)9-4-2-1-3-5-9;/h1-6,10H,8H2;/q-1;/i6T;. The van der Waals surface area contributed by atoms with E-state index >= 15 is 0 Å². The van der Waals surface area contributed by atoms with Gasteiger partial charge in [0.05, 0.1) is 13.3 Å². The third kappa shape index (κ3) is 2.30. The Labute approximate surface area is 129 Å². The van der Waals surface area contributed by atoms with Crippen molar-refractivity contribution in [1.82, 2.24) is 0 Å². The average Bonchev–Trinajstić information content (AvgIpc) is 2.68. The summed E-state index contributed by atoms with van der Waals surface area (Å²) in [5.74, 6) is -1.69. The van der Waals surface area contributed by atoms with Crippen molar-refractivity contribution in [3.63, 3.8) is 0 Å². The van der Waals surface area contributed by atoms with E-state index in [1.165, 1.54) is 30.6 Å². The van der Waals surface area contributed by atoms with E-state index in [-0.39, 0.29) is 38.3 Å². The Morgan fingerprint density at radius 2 is 2.00 bits per heavy atom. The van der Waals surface area contributed by atoms with E-state index in [4.69, 9.17) is 1.37 Å². The van der Waals surface area contributed by atoms with Crippen LogP contribution in [0.2, 0.25) is 0 Å². The fraction of sp³-hybridized carbons (Fsp3) is 0.333. The first-order chi connectivity index (χ1) is 8.43. The van der Waals surface area contributed by atoms with Crippen LogP contribution in [-0.2, 0) is 42.9 Å². The predicted octanol–water partition coefficient (Wildman–Crippen LogP) is 2.29. The molecule has 0 aliphatic carbocycles. The van der Waals surface area contributed by atoms with Gasteiger partial charge in [0, 0.05) is 32.7 Å². The van der Waals surface area contributed by atoms with E-state index in [1.54, 1.807) is 6.07 Å². The number of halogens is 3. The van der Waals surface area contributed by atoms with Gasteiger partial charge in [-0.2, -0.15) is 13.2 Å². The summed E-state index contributed by atoms with van der Waals surface area (Å²) in [6.07, 6.45) is -3.91. The molecule has 0 aromatic heterocycles. The summed E-state index contributed by atoms with van der Waals surface area (Å²) in [6.45, 7) is -0.640. The summed E-state index contributed by atoms with van der Waals surface area (Å²) in [6, 6.07) is 7.11. The van der Waals surface area contributed by atoms with Crippen molar-refractivity contribution in [3.8, 4) is 0 Å². The van der Waals surface area contributed by atoms with Crippen LogP contribution in [0.25, 0.3) is 0 Å². The third-order valence-corrected chi connectivity index (χ3v) is 2.95. The van der Waals surface area contributed by atoms with E-state index in [2.05, 4.69) is 4.99 Å². The number of carbonyl (C=O) groups excluding carboxylic acids is 1. The molecule has 0 saturated heterocycles. The van der Waals surface area contributed by atoms with Crippen LogP contribution in [0, 0.1) is 5.92 Å². The maximum absolute atomic E-state index is 13.4. The number of hydrogen-bond donors (Lipinski definition) is 0.